The van der Waals surface area contributed by atoms with Gasteiger partial charge in [0.25, 0.3) is 0 Å². The summed E-state index contributed by atoms with van der Waals surface area (Å²) in [6.45, 7) is 4.63. The summed E-state index contributed by atoms with van der Waals surface area (Å²) in [7, 11) is 0. The molecule has 1 aliphatic rings. The van der Waals surface area contributed by atoms with Crippen LogP contribution >= 0.6 is 47.9 Å². The van der Waals surface area contributed by atoms with Gasteiger partial charge in [0.1, 0.15) is 6.61 Å². The fraction of sp³-hybridized carbons (Fsp3) is 0.286. The molecule has 2 aromatic carbocycles. The standard InChI is InChI=1S/C28H30N4OS2.2ClH/c1-20-19-34-28(31-20)32-27-25(33-18-21-8-4-2-5-9-21)16-24(17-30-27)35-26(22-10-6-3-7-11-22)23-12-14-29-15-13-23;;/h2-11,16-17,19,23,26,29H,12-15,18H2,1H3,(H,30,31,32);2*1H. The molecule has 196 valence electrons. The van der Waals surface area contributed by atoms with Crippen LogP contribution < -0.4 is 15.4 Å². The van der Waals surface area contributed by atoms with Crippen LogP contribution in [-0.4, -0.2) is 23.1 Å². The van der Waals surface area contributed by atoms with Gasteiger partial charge in [-0.2, -0.15) is 0 Å². The van der Waals surface area contributed by atoms with Crippen LogP contribution in [-0.2, 0) is 6.61 Å². The van der Waals surface area contributed by atoms with Gasteiger partial charge >= 0.3 is 0 Å². The molecule has 9 heteroatoms. The van der Waals surface area contributed by atoms with E-state index in [1.54, 1.807) is 11.3 Å². The number of ether oxygens (including phenoxy) is 1. The maximum absolute atomic E-state index is 6.30. The van der Waals surface area contributed by atoms with Crippen LogP contribution in [0.25, 0.3) is 0 Å². The first kappa shape index (κ1) is 29.3. The zero-order valence-corrected chi connectivity index (χ0v) is 23.9. The van der Waals surface area contributed by atoms with Crippen LogP contribution in [0, 0.1) is 12.8 Å². The molecule has 1 aliphatic heterocycles. The van der Waals surface area contributed by atoms with Crippen LogP contribution in [0.4, 0.5) is 10.9 Å². The van der Waals surface area contributed by atoms with Gasteiger partial charge in [0.05, 0.1) is 5.69 Å². The Balaban J connectivity index is 0.00000190. The van der Waals surface area contributed by atoms with E-state index < -0.39 is 0 Å². The number of pyridine rings is 1. The van der Waals surface area contributed by atoms with Gasteiger partial charge in [0.2, 0.25) is 0 Å². The molecule has 5 rings (SSSR count). The van der Waals surface area contributed by atoms with Crippen molar-refractivity contribution in [1.29, 1.82) is 0 Å². The maximum Gasteiger partial charge on any atom is 0.188 e. The second kappa shape index (κ2) is 14.6. The highest BCUT2D eigenvalue weighted by Crippen LogP contribution is 2.45. The summed E-state index contributed by atoms with van der Waals surface area (Å²) in [6, 6.07) is 23.2. The van der Waals surface area contributed by atoms with E-state index in [0.29, 0.717) is 23.6 Å². The SMILES string of the molecule is Cc1csc(Nc2ncc(SC(c3ccccc3)C3CCNCC3)cc2OCc2ccccc2)n1.Cl.Cl. The fourth-order valence-corrected chi connectivity index (χ4v) is 6.34. The van der Waals surface area contributed by atoms with Gasteiger partial charge in [-0.1, -0.05) is 60.7 Å². The lowest BCUT2D eigenvalue weighted by Gasteiger charge is -2.31. The minimum absolute atomic E-state index is 0. The predicted octanol–water partition coefficient (Wildman–Crippen LogP) is 7.85. The number of thioether (sulfide) groups is 1. The summed E-state index contributed by atoms with van der Waals surface area (Å²) in [6.07, 6.45) is 4.32. The second-order valence-corrected chi connectivity index (χ2v) is 10.8. The molecular weight excluding hydrogens is 543 g/mol. The van der Waals surface area contributed by atoms with Gasteiger partial charge in [-0.05, 0) is 56.0 Å². The first-order valence-electron chi connectivity index (χ1n) is 12.0. The highest BCUT2D eigenvalue weighted by atomic mass is 35.5. The van der Waals surface area contributed by atoms with Gasteiger partial charge in [-0.15, -0.1) is 47.9 Å². The molecule has 0 aliphatic carbocycles. The first-order chi connectivity index (χ1) is 17.2. The Kier molecular flexibility index (Phi) is 11.5. The molecule has 1 atom stereocenters. The van der Waals surface area contributed by atoms with E-state index in [1.807, 2.05) is 48.5 Å². The molecule has 3 heterocycles. The number of aryl methyl sites for hydroxylation is 1. The Bertz CT molecular complexity index is 1220. The smallest absolute Gasteiger partial charge is 0.188 e. The van der Waals surface area contributed by atoms with E-state index in [-0.39, 0.29) is 24.8 Å². The minimum Gasteiger partial charge on any atom is -0.485 e. The molecule has 0 saturated carbocycles. The molecule has 0 radical (unpaired) electrons. The molecule has 37 heavy (non-hydrogen) atoms. The number of piperidine rings is 1. The second-order valence-electron chi connectivity index (χ2n) is 8.75. The molecule has 1 fully saturated rings. The number of nitrogens with zero attached hydrogens (tertiary/aromatic N) is 2. The molecule has 1 saturated heterocycles. The zero-order chi connectivity index (χ0) is 23.9. The van der Waals surface area contributed by atoms with E-state index >= 15 is 0 Å². The van der Waals surface area contributed by atoms with E-state index in [1.165, 1.54) is 18.4 Å². The van der Waals surface area contributed by atoms with Crippen molar-refractivity contribution >= 4 is 58.9 Å². The lowest BCUT2D eigenvalue weighted by atomic mass is 9.90. The van der Waals surface area contributed by atoms with Gasteiger partial charge in [-0.3, -0.25) is 0 Å². The number of hydrogen-bond acceptors (Lipinski definition) is 7. The van der Waals surface area contributed by atoms with Crippen molar-refractivity contribution < 1.29 is 4.74 Å². The summed E-state index contributed by atoms with van der Waals surface area (Å²) >= 11 is 3.46. The highest BCUT2D eigenvalue weighted by Gasteiger charge is 2.26. The van der Waals surface area contributed by atoms with Gasteiger partial charge in [0, 0.05) is 21.7 Å². The molecule has 5 nitrogen and oxygen atoms in total. The predicted molar refractivity (Wildman–Crippen MR) is 160 cm³/mol. The summed E-state index contributed by atoms with van der Waals surface area (Å²) in [5, 5.41) is 10.1. The zero-order valence-electron chi connectivity index (χ0n) is 20.6. The number of thiazole rings is 1. The molecule has 0 spiro atoms. The van der Waals surface area contributed by atoms with Crippen LogP contribution in [0.5, 0.6) is 5.75 Å². The molecule has 0 bridgehead atoms. The molecule has 2 aromatic heterocycles. The van der Waals surface area contributed by atoms with E-state index in [2.05, 4.69) is 64.1 Å². The number of aromatic nitrogens is 2. The Labute approximate surface area is 239 Å². The van der Waals surface area contributed by atoms with Gasteiger partial charge in [-0.25, -0.2) is 9.97 Å². The normalized spacial score (nSPS) is 14.2. The number of rotatable bonds is 9. The van der Waals surface area contributed by atoms with E-state index in [9.17, 15) is 0 Å². The van der Waals surface area contributed by atoms with Crippen LogP contribution in [0.3, 0.4) is 0 Å². The van der Waals surface area contributed by atoms with Gasteiger partial charge in [0.15, 0.2) is 16.7 Å². The van der Waals surface area contributed by atoms with E-state index in [4.69, 9.17) is 9.72 Å². The van der Waals surface area contributed by atoms with Gasteiger partial charge < -0.3 is 15.4 Å². The molecule has 2 N–H and O–H groups in total. The number of hydrogen-bond donors (Lipinski definition) is 2. The average Bonchev–Trinajstić information content (AvgIpc) is 3.33. The van der Waals surface area contributed by atoms with Crippen molar-refractivity contribution in [3.63, 3.8) is 0 Å². The fourth-order valence-electron chi connectivity index (χ4n) is 4.32. The lowest BCUT2D eigenvalue weighted by molar-refractivity contribution is 0.306. The maximum atomic E-state index is 6.30. The topological polar surface area (TPSA) is 59.1 Å². The number of halogens is 2. The minimum atomic E-state index is 0. The number of anilines is 2. The third kappa shape index (κ3) is 8.09. The number of benzene rings is 2. The average molecular weight is 576 g/mol. The molecular formula is C28H32Cl2N4OS2. The third-order valence-electron chi connectivity index (χ3n) is 6.11. The summed E-state index contributed by atoms with van der Waals surface area (Å²) in [5.74, 6) is 2.05. The lowest BCUT2D eigenvalue weighted by Crippen LogP contribution is -2.30. The van der Waals surface area contributed by atoms with Crippen LogP contribution in [0.1, 0.15) is 34.9 Å². The number of nitrogens with one attached hydrogen (secondary N) is 2. The third-order valence-corrected chi connectivity index (χ3v) is 8.39. The largest absolute Gasteiger partial charge is 0.485 e. The van der Waals surface area contributed by atoms with E-state index in [0.717, 1.165) is 40.1 Å². The van der Waals surface area contributed by atoms with Crippen LogP contribution in [0.15, 0.2) is 83.2 Å². The Morgan fingerprint density at radius 1 is 1.05 bits per heavy atom. The highest BCUT2D eigenvalue weighted by molar-refractivity contribution is 7.99. The molecule has 1 unspecified atom stereocenters. The van der Waals surface area contributed by atoms with Crippen molar-refractivity contribution in [3.05, 3.63) is 95.1 Å². The van der Waals surface area contributed by atoms with Crippen molar-refractivity contribution in [2.75, 3.05) is 18.4 Å². The Hall–Kier alpha value is -2.29. The summed E-state index contributed by atoms with van der Waals surface area (Å²) in [5.41, 5.74) is 3.49. The van der Waals surface area contributed by atoms with Crippen molar-refractivity contribution in [2.24, 2.45) is 5.92 Å². The monoisotopic (exact) mass is 574 g/mol. The molecule has 0 amide bonds. The van der Waals surface area contributed by atoms with Crippen molar-refractivity contribution in [3.8, 4) is 5.75 Å². The van der Waals surface area contributed by atoms with Crippen LogP contribution in [0.2, 0.25) is 0 Å². The first-order valence-corrected chi connectivity index (χ1v) is 13.8. The summed E-state index contributed by atoms with van der Waals surface area (Å²) < 4.78 is 6.30. The quantitative estimate of drug-likeness (QED) is 0.198. The van der Waals surface area contributed by atoms with Crippen molar-refractivity contribution in [1.82, 2.24) is 15.3 Å². The van der Waals surface area contributed by atoms with Crippen molar-refractivity contribution in [2.45, 2.75) is 36.5 Å². The Morgan fingerprint density at radius 3 is 2.43 bits per heavy atom. The summed E-state index contributed by atoms with van der Waals surface area (Å²) in [4.78, 5) is 10.4. The molecule has 4 aromatic rings. The Morgan fingerprint density at radius 2 is 1.76 bits per heavy atom.